The summed E-state index contributed by atoms with van der Waals surface area (Å²) in [5.74, 6) is 1.23. The number of rotatable bonds is 10. The van der Waals surface area contributed by atoms with Crippen molar-refractivity contribution in [2.24, 2.45) is 0 Å². The Balaban J connectivity index is 2.11. The zero-order valence-electron chi connectivity index (χ0n) is 16.7. The Kier molecular flexibility index (Phi) is 8.88. The molecule has 5 nitrogen and oxygen atoms in total. The largest absolute Gasteiger partial charge is 0.497 e. The normalized spacial score (nSPS) is 11.5. The van der Waals surface area contributed by atoms with Gasteiger partial charge in [0, 0.05) is 30.7 Å². The molecule has 0 saturated heterocycles. The van der Waals surface area contributed by atoms with Gasteiger partial charge in [-0.25, -0.2) is 0 Å². The molecule has 150 valence electrons. The lowest BCUT2D eigenvalue weighted by atomic mass is 10.1. The van der Waals surface area contributed by atoms with Crippen LogP contribution < -0.4 is 10.1 Å². The van der Waals surface area contributed by atoms with Crippen LogP contribution in [-0.4, -0.2) is 42.7 Å². The second kappa shape index (κ2) is 11.4. The van der Waals surface area contributed by atoms with Gasteiger partial charge in [-0.2, -0.15) is 0 Å². The highest BCUT2D eigenvalue weighted by Crippen LogP contribution is 2.21. The van der Waals surface area contributed by atoms with E-state index in [4.69, 9.17) is 4.74 Å². The summed E-state index contributed by atoms with van der Waals surface area (Å²) >= 11 is 1.64. The third-order valence-electron chi connectivity index (χ3n) is 4.45. The third-order valence-corrected chi connectivity index (χ3v) is 5.46. The minimum absolute atomic E-state index is 0.0262. The summed E-state index contributed by atoms with van der Waals surface area (Å²) in [4.78, 5) is 28.2. The first kappa shape index (κ1) is 21.8. The number of ether oxygens (including phenoxy) is 1. The summed E-state index contributed by atoms with van der Waals surface area (Å²) in [6, 6.07) is 17.1. The molecule has 0 heterocycles. The number of carbonyl (C=O) groups is 2. The van der Waals surface area contributed by atoms with Crippen molar-refractivity contribution in [1.29, 1.82) is 0 Å². The Bertz CT molecular complexity index is 767. The Labute approximate surface area is 171 Å². The number of nitrogens with one attached hydrogen (secondary N) is 1. The molecule has 0 aliphatic heterocycles. The molecular formula is C22H28N2O3S. The predicted octanol–water partition coefficient (Wildman–Crippen LogP) is 3.73. The van der Waals surface area contributed by atoms with Crippen LogP contribution in [0, 0.1) is 0 Å². The van der Waals surface area contributed by atoms with Crippen molar-refractivity contribution < 1.29 is 14.3 Å². The molecule has 1 atom stereocenters. The molecule has 0 aromatic heterocycles. The summed E-state index contributed by atoms with van der Waals surface area (Å²) in [6.07, 6.45) is 0.929. The van der Waals surface area contributed by atoms with E-state index in [1.54, 1.807) is 30.8 Å². The van der Waals surface area contributed by atoms with Crippen molar-refractivity contribution in [1.82, 2.24) is 10.2 Å². The van der Waals surface area contributed by atoms with Crippen molar-refractivity contribution in [2.45, 2.75) is 37.2 Å². The molecule has 0 fully saturated rings. The summed E-state index contributed by atoms with van der Waals surface area (Å²) < 4.78 is 5.28. The molecule has 2 amide bonds. The number of amides is 2. The molecule has 2 aromatic rings. The first-order chi connectivity index (χ1) is 13.6. The van der Waals surface area contributed by atoms with Gasteiger partial charge in [-0.3, -0.25) is 9.59 Å². The van der Waals surface area contributed by atoms with Crippen molar-refractivity contribution in [3.05, 3.63) is 60.2 Å². The zero-order valence-corrected chi connectivity index (χ0v) is 17.5. The molecule has 6 heteroatoms. The van der Waals surface area contributed by atoms with Gasteiger partial charge in [-0.05, 0) is 36.2 Å². The second-order valence-corrected chi connectivity index (χ2v) is 7.49. The highest BCUT2D eigenvalue weighted by molar-refractivity contribution is 7.99. The van der Waals surface area contributed by atoms with Gasteiger partial charge in [0.05, 0.1) is 7.11 Å². The topological polar surface area (TPSA) is 58.6 Å². The number of hydrogen-bond acceptors (Lipinski definition) is 4. The second-order valence-electron chi connectivity index (χ2n) is 6.32. The van der Waals surface area contributed by atoms with Crippen LogP contribution in [-0.2, 0) is 16.1 Å². The van der Waals surface area contributed by atoms with Gasteiger partial charge in [-0.15, -0.1) is 11.8 Å². The van der Waals surface area contributed by atoms with Crippen molar-refractivity contribution in [2.75, 3.05) is 19.9 Å². The summed E-state index contributed by atoms with van der Waals surface area (Å²) in [5.41, 5.74) is 0.936. The van der Waals surface area contributed by atoms with Crippen molar-refractivity contribution in [3.63, 3.8) is 0 Å². The van der Waals surface area contributed by atoms with E-state index in [-0.39, 0.29) is 11.8 Å². The van der Waals surface area contributed by atoms with E-state index < -0.39 is 6.04 Å². The van der Waals surface area contributed by atoms with E-state index >= 15 is 0 Å². The van der Waals surface area contributed by atoms with Gasteiger partial charge in [0.25, 0.3) is 0 Å². The molecule has 0 bridgehead atoms. The van der Waals surface area contributed by atoms with E-state index in [9.17, 15) is 9.59 Å². The van der Waals surface area contributed by atoms with Crippen LogP contribution in [0.4, 0.5) is 0 Å². The predicted molar refractivity (Wildman–Crippen MR) is 113 cm³/mol. The maximum Gasteiger partial charge on any atom is 0.242 e. The van der Waals surface area contributed by atoms with E-state index in [1.807, 2.05) is 61.5 Å². The Hall–Kier alpha value is -2.47. The molecule has 2 aromatic carbocycles. The molecule has 0 aliphatic rings. The molecule has 0 aliphatic carbocycles. The first-order valence-corrected chi connectivity index (χ1v) is 10.4. The van der Waals surface area contributed by atoms with Crippen LogP contribution in [0.3, 0.4) is 0 Å². The number of thioether (sulfide) groups is 1. The average Bonchev–Trinajstić information content (AvgIpc) is 2.74. The van der Waals surface area contributed by atoms with E-state index in [2.05, 4.69) is 5.32 Å². The average molecular weight is 401 g/mol. The molecule has 28 heavy (non-hydrogen) atoms. The van der Waals surface area contributed by atoms with Gasteiger partial charge in [0.1, 0.15) is 11.8 Å². The summed E-state index contributed by atoms with van der Waals surface area (Å²) in [6.45, 7) is 2.29. The van der Waals surface area contributed by atoms with Crippen LogP contribution >= 0.6 is 11.8 Å². The van der Waals surface area contributed by atoms with Crippen LogP contribution in [0.25, 0.3) is 0 Å². The van der Waals surface area contributed by atoms with Gasteiger partial charge >= 0.3 is 0 Å². The molecule has 0 saturated carbocycles. The van der Waals surface area contributed by atoms with Crippen LogP contribution in [0.15, 0.2) is 59.5 Å². The van der Waals surface area contributed by atoms with Crippen LogP contribution in [0.2, 0.25) is 0 Å². The third kappa shape index (κ3) is 6.30. The van der Waals surface area contributed by atoms with Gasteiger partial charge in [0.15, 0.2) is 0 Å². The number of methoxy groups -OCH3 is 1. The Morgan fingerprint density at radius 3 is 2.54 bits per heavy atom. The minimum Gasteiger partial charge on any atom is -0.497 e. The summed E-state index contributed by atoms with van der Waals surface area (Å²) in [7, 11) is 3.21. The lowest BCUT2D eigenvalue weighted by molar-refractivity contribution is -0.140. The smallest absolute Gasteiger partial charge is 0.242 e. The Morgan fingerprint density at radius 2 is 1.89 bits per heavy atom. The van der Waals surface area contributed by atoms with Crippen molar-refractivity contribution >= 4 is 23.6 Å². The maximum absolute atomic E-state index is 13.0. The zero-order chi connectivity index (χ0) is 20.4. The van der Waals surface area contributed by atoms with Crippen molar-refractivity contribution in [3.8, 4) is 5.75 Å². The number of benzene rings is 2. The monoisotopic (exact) mass is 400 g/mol. The minimum atomic E-state index is -0.495. The maximum atomic E-state index is 13.0. The highest BCUT2D eigenvalue weighted by atomic mass is 32.2. The number of carbonyl (C=O) groups excluding carboxylic acids is 2. The quantitative estimate of drug-likeness (QED) is 0.618. The standard InChI is InChI=1S/C22H28N2O3S/c1-4-20(22(26)23-2)24(16-17-9-8-10-18(15-17)27-3)21(25)13-14-28-19-11-6-5-7-12-19/h5-12,15,20H,4,13-14,16H2,1-3H3,(H,23,26)/t20-/m1/s1. The molecule has 0 unspecified atom stereocenters. The molecule has 0 radical (unpaired) electrons. The van der Waals surface area contributed by atoms with E-state index in [0.29, 0.717) is 25.1 Å². The van der Waals surface area contributed by atoms with Gasteiger partial charge in [-0.1, -0.05) is 37.3 Å². The number of hydrogen-bond donors (Lipinski definition) is 1. The van der Waals surface area contributed by atoms with E-state index in [0.717, 1.165) is 16.2 Å². The first-order valence-electron chi connectivity index (χ1n) is 9.40. The van der Waals surface area contributed by atoms with Gasteiger partial charge < -0.3 is 15.0 Å². The highest BCUT2D eigenvalue weighted by Gasteiger charge is 2.27. The Morgan fingerprint density at radius 1 is 1.14 bits per heavy atom. The fourth-order valence-corrected chi connectivity index (χ4v) is 3.83. The SMILES string of the molecule is CC[C@H](C(=O)NC)N(Cc1cccc(OC)c1)C(=O)CCSc1ccccc1. The van der Waals surface area contributed by atoms with Crippen LogP contribution in [0.1, 0.15) is 25.3 Å². The fourth-order valence-electron chi connectivity index (χ4n) is 2.97. The van der Waals surface area contributed by atoms with E-state index in [1.165, 1.54) is 0 Å². The lowest BCUT2D eigenvalue weighted by Crippen LogP contribution is -2.48. The van der Waals surface area contributed by atoms with Crippen LogP contribution in [0.5, 0.6) is 5.75 Å². The molecule has 0 spiro atoms. The number of nitrogens with zero attached hydrogens (tertiary/aromatic N) is 1. The lowest BCUT2D eigenvalue weighted by Gasteiger charge is -2.30. The number of likely N-dealkylation sites (N-methyl/N-ethyl adjacent to an activating group) is 1. The molecular weight excluding hydrogens is 372 g/mol. The summed E-state index contributed by atoms with van der Waals surface area (Å²) in [5, 5.41) is 2.68. The molecule has 2 rings (SSSR count). The van der Waals surface area contributed by atoms with Gasteiger partial charge in [0.2, 0.25) is 11.8 Å². The molecule has 1 N–H and O–H groups in total. The fraction of sp³-hybridized carbons (Fsp3) is 0.364.